The van der Waals surface area contributed by atoms with Crippen molar-refractivity contribution >= 4 is 5.97 Å². The Balaban J connectivity index is 2.29. The molecule has 0 aliphatic carbocycles. The Morgan fingerprint density at radius 1 is 1.47 bits per heavy atom. The maximum atomic E-state index is 11.8. The second kappa shape index (κ2) is 5.90. The second-order valence-electron chi connectivity index (χ2n) is 5.13. The van der Waals surface area contributed by atoms with Crippen LogP contribution in [0.2, 0.25) is 0 Å². The molecule has 3 heteroatoms. The van der Waals surface area contributed by atoms with E-state index in [9.17, 15) is 9.90 Å². The van der Waals surface area contributed by atoms with Crippen molar-refractivity contribution in [3.8, 4) is 12.3 Å². The lowest BCUT2D eigenvalue weighted by molar-refractivity contribution is -0.148. The standard InChI is InChI=1S/C16H19NO2/c1-2-16(15(18)19,14-9-6-10-17-12-14)11-13-7-4-3-5-8-13/h1,3-5,7-8,14,17H,6,9-12H2,(H,18,19). The van der Waals surface area contributed by atoms with Gasteiger partial charge in [-0.15, -0.1) is 6.42 Å². The first kappa shape index (κ1) is 13.6. The highest BCUT2D eigenvalue weighted by molar-refractivity contribution is 5.79. The molecule has 2 rings (SSSR count). The number of benzene rings is 1. The Labute approximate surface area is 114 Å². The number of aliphatic carboxylic acids is 1. The third-order valence-corrected chi connectivity index (χ3v) is 3.96. The summed E-state index contributed by atoms with van der Waals surface area (Å²) >= 11 is 0. The molecule has 0 spiro atoms. The Hall–Kier alpha value is -1.79. The molecule has 1 heterocycles. The van der Waals surface area contributed by atoms with Crippen LogP contribution in [0.15, 0.2) is 30.3 Å². The Morgan fingerprint density at radius 2 is 2.21 bits per heavy atom. The van der Waals surface area contributed by atoms with E-state index in [1.807, 2.05) is 30.3 Å². The van der Waals surface area contributed by atoms with Crippen LogP contribution in [-0.4, -0.2) is 24.2 Å². The number of hydrogen-bond acceptors (Lipinski definition) is 2. The maximum Gasteiger partial charge on any atom is 0.322 e. The van der Waals surface area contributed by atoms with Crippen molar-refractivity contribution in [2.24, 2.45) is 11.3 Å². The van der Waals surface area contributed by atoms with Gasteiger partial charge in [0.2, 0.25) is 0 Å². The number of hydrogen-bond donors (Lipinski definition) is 2. The normalized spacial score (nSPS) is 22.2. The molecule has 1 aliphatic heterocycles. The number of carbonyl (C=O) groups is 1. The Kier molecular flexibility index (Phi) is 4.24. The number of terminal acetylenes is 1. The lowest BCUT2D eigenvalue weighted by Crippen LogP contribution is -2.46. The fraction of sp³-hybridized carbons (Fsp3) is 0.438. The molecule has 2 unspecified atom stereocenters. The zero-order valence-electron chi connectivity index (χ0n) is 10.9. The van der Waals surface area contributed by atoms with Gasteiger partial charge in [0.15, 0.2) is 0 Å². The van der Waals surface area contributed by atoms with E-state index in [1.165, 1.54) is 0 Å². The summed E-state index contributed by atoms with van der Waals surface area (Å²) in [6, 6.07) is 9.62. The first-order valence-corrected chi connectivity index (χ1v) is 6.65. The predicted molar refractivity (Wildman–Crippen MR) is 74.6 cm³/mol. The Bertz CT molecular complexity index is 471. The minimum atomic E-state index is -1.10. The van der Waals surface area contributed by atoms with Gasteiger partial charge in [-0.3, -0.25) is 4.79 Å². The minimum Gasteiger partial charge on any atom is -0.480 e. The summed E-state index contributed by atoms with van der Waals surface area (Å²) in [6.07, 6.45) is 7.88. The van der Waals surface area contributed by atoms with Crippen molar-refractivity contribution < 1.29 is 9.90 Å². The molecule has 1 saturated heterocycles. The molecule has 0 bridgehead atoms. The predicted octanol–water partition coefficient (Wildman–Crippen LogP) is 1.93. The van der Waals surface area contributed by atoms with Gasteiger partial charge in [0, 0.05) is 0 Å². The first-order chi connectivity index (χ1) is 9.19. The van der Waals surface area contributed by atoms with Crippen LogP contribution in [0.5, 0.6) is 0 Å². The molecular formula is C16H19NO2. The van der Waals surface area contributed by atoms with E-state index in [4.69, 9.17) is 6.42 Å². The van der Waals surface area contributed by atoms with E-state index < -0.39 is 11.4 Å². The number of nitrogens with one attached hydrogen (secondary N) is 1. The van der Waals surface area contributed by atoms with Crippen molar-refractivity contribution in [2.75, 3.05) is 13.1 Å². The van der Waals surface area contributed by atoms with E-state index in [-0.39, 0.29) is 5.92 Å². The molecule has 1 aromatic rings. The highest BCUT2D eigenvalue weighted by Gasteiger charge is 2.44. The van der Waals surface area contributed by atoms with Crippen molar-refractivity contribution in [3.05, 3.63) is 35.9 Å². The third kappa shape index (κ3) is 2.80. The van der Waals surface area contributed by atoms with Crippen molar-refractivity contribution in [3.63, 3.8) is 0 Å². The molecule has 1 fully saturated rings. The lowest BCUT2D eigenvalue weighted by atomic mass is 9.69. The molecule has 1 aliphatic rings. The highest BCUT2D eigenvalue weighted by Crippen LogP contribution is 2.36. The zero-order chi connectivity index (χ0) is 13.7. The van der Waals surface area contributed by atoms with Gasteiger partial charge >= 0.3 is 5.97 Å². The molecule has 0 amide bonds. The quantitative estimate of drug-likeness (QED) is 0.810. The molecule has 1 aromatic carbocycles. The molecule has 0 radical (unpaired) electrons. The van der Waals surface area contributed by atoms with Crippen LogP contribution in [0.4, 0.5) is 0 Å². The SMILES string of the molecule is C#CC(Cc1ccccc1)(C(=O)O)C1CCCNC1. The van der Waals surface area contributed by atoms with Gasteiger partial charge in [0.25, 0.3) is 0 Å². The summed E-state index contributed by atoms with van der Waals surface area (Å²) in [6.45, 7) is 1.63. The number of rotatable bonds is 4. The van der Waals surface area contributed by atoms with Crippen LogP contribution < -0.4 is 5.32 Å². The summed E-state index contributed by atoms with van der Waals surface area (Å²) in [4.78, 5) is 11.8. The second-order valence-corrected chi connectivity index (χ2v) is 5.13. The van der Waals surface area contributed by atoms with Crippen LogP contribution in [0.1, 0.15) is 18.4 Å². The summed E-state index contributed by atoms with van der Waals surface area (Å²) in [5.74, 6) is 1.70. The van der Waals surface area contributed by atoms with Crippen LogP contribution >= 0.6 is 0 Å². The number of carboxylic acids is 1. The number of carboxylic acid groups (broad SMARTS) is 1. The summed E-state index contributed by atoms with van der Waals surface area (Å²) < 4.78 is 0. The van der Waals surface area contributed by atoms with Gasteiger partial charge in [-0.2, -0.15) is 0 Å². The molecule has 100 valence electrons. The van der Waals surface area contributed by atoms with Gasteiger partial charge in [-0.05, 0) is 43.8 Å². The third-order valence-electron chi connectivity index (χ3n) is 3.96. The lowest BCUT2D eigenvalue weighted by Gasteiger charge is -2.36. The fourth-order valence-electron chi connectivity index (χ4n) is 2.82. The summed E-state index contributed by atoms with van der Waals surface area (Å²) in [7, 11) is 0. The Morgan fingerprint density at radius 3 is 2.74 bits per heavy atom. The van der Waals surface area contributed by atoms with Gasteiger partial charge in [-0.1, -0.05) is 36.3 Å². The minimum absolute atomic E-state index is 0.0102. The zero-order valence-corrected chi connectivity index (χ0v) is 10.9. The highest BCUT2D eigenvalue weighted by atomic mass is 16.4. The first-order valence-electron chi connectivity index (χ1n) is 6.65. The molecule has 0 aromatic heterocycles. The largest absolute Gasteiger partial charge is 0.480 e. The van der Waals surface area contributed by atoms with E-state index in [2.05, 4.69) is 11.2 Å². The van der Waals surface area contributed by atoms with Gasteiger partial charge < -0.3 is 10.4 Å². The molecule has 19 heavy (non-hydrogen) atoms. The van der Waals surface area contributed by atoms with Gasteiger partial charge in [0.1, 0.15) is 5.41 Å². The average Bonchev–Trinajstić information content (AvgIpc) is 2.46. The molecular weight excluding hydrogens is 238 g/mol. The summed E-state index contributed by atoms with van der Waals surface area (Å²) in [5, 5.41) is 12.9. The van der Waals surface area contributed by atoms with E-state index in [1.54, 1.807) is 0 Å². The van der Waals surface area contributed by atoms with E-state index in [0.29, 0.717) is 13.0 Å². The van der Waals surface area contributed by atoms with Crippen LogP contribution in [0, 0.1) is 23.7 Å². The van der Waals surface area contributed by atoms with Gasteiger partial charge in [0.05, 0.1) is 0 Å². The maximum absolute atomic E-state index is 11.8. The van der Waals surface area contributed by atoms with Crippen molar-refractivity contribution in [2.45, 2.75) is 19.3 Å². The average molecular weight is 257 g/mol. The van der Waals surface area contributed by atoms with Crippen LogP contribution in [0.25, 0.3) is 0 Å². The van der Waals surface area contributed by atoms with Gasteiger partial charge in [-0.25, -0.2) is 0 Å². The van der Waals surface area contributed by atoms with Crippen LogP contribution in [-0.2, 0) is 11.2 Å². The topological polar surface area (TPSA) is 49.3 Å². The molecule has 2 N–H and O–H groups in total. The molecule has 3 nitrogen and oxygen atoms in total. The fourth-order valence-corrected chi connectivity index (χ4v) is 2.82. The monoisotopic (exact) mass is 257 g/mol. The van der Waals surface area contributed by atoms with Crippen molar-refractivity contribution in [1.29, 1.82) is 0 Å². The van der Waals surface area contributed by atoms with Crippen LogP contribution in [0.3, 0.4) is 0 Å². The van der Waals surface area contributed by atoms with E-state index >= 15 is 0 Å². The smallest absolute Gasteiger partial charge is 0.322 e. The molecule has 0 saturated carbocycles. The van der Waals surface area contributed by atoms with E-state index in [0.717, 1.165) is 24.9 Å². The van der Waals surface area contributed by atoms with Crippen molar-refractivity contribution in [1.82, 2.24) is 5.32 Å². The number of piperidine rings is 1. The summed E-state index contributed by atoms with van der Waals surface area (Å²) in [5.41, 5.74) is -0.122. The molecule has 2 atom stereocenters.